The van der Waals surface area contributed by atoms with Gasteiger partial charge in [0, 0.05) is 49.3 Å². The lowest BCUT2D eigenvalue weighted by Gasteiger charge is -2.29. The molecule has 2 aromatic rings. The molecule has 0 radical (unpaired) electrons. The number of aliphatic hydroxyl groups is 1. The summed E-state index contributed by atoms with van der Waals surface area (Å²) >= 11 is 1.98. The number of thioether (sulfide) groups is 1. The van der Waals surface area contributed by atoms with Crippen LogP contribution >= 0.6 is 11.8 Å². The lowest BCUT2D eigenvalue weighted by atomic mass is 10.1. The maximum atomic E-state index is 10.5. The normalized spacial score (nSPS) is 18.0. The van der Waals surface area contributed by atoms with E-state index in [2.05, 4.69) is 33.7 Å². The van der Waals surface area contributed by atoms with Gasteiger partial charge in [-0.05, 0) is 12.8 Å². The van der Waals surface area contributed by atoms with Crippen LogP contribution in [0.3, 0.4) is 0 Å². The molecule has 30 heavy (non-hydrogen) atoms. The van der Waals surface area contributed by atoms with Gasteiger partial charge in [0.05, 0.1) is 24.9 Å². The predicted octanol–water partition coefficient (Wildman–Crippen LogP) is 3.42. The van der Waals surface area contributed by atoms with Crippen LogP contribution in [0.2, 0.25) is 0 Å². The lowest BCUT2D eigenvalue weighted by molar-refractivity contribution is 0.0228. The molecule has 0 amide bonds. The van der Waals surface area contributed by atoms with Crippen molar-refractivity contribution in [3.8, 4) is 11.3 Å². The molecular formula is C23H31N3O3S. The molecule has 0 unspecified atom stereocenters. The summed E-state index contributed by atoms with van der Waals surface area (Å²) in [6.07, 6.45) is 3.52. The minimum absolute atomic E-state index is 0.320. The number of rotatable bonds is 11. The third kappa shape index (κ3) is 5.46. The summed E-state index contributed by atoms with van der Waals surface area (Å²) in [6, 6.07) is 10.7. The maximum Gasteiger partial charge on any atom is 0.232 e. The van der Waals surface area contributed by atoms with Gasteiger partial charge in [0.25, 0.3) is 0 Å². The lowest BCUT2D eigenvalue weighted by Crippen LogP contribution is -2.37. The third-order valence-electron chi connectivity index (χ3n) is 5.53. The molecule has 1 saturated carbocycles. The molecule has 1 aromatic carbocycles. The Hall–Kier alpha value is -1.80. The number of hydrogen-bond donors (Lipinski definition) is 1. The van der Waals surface area contributed by atoms with E-state index in [0.29, 0.717) is 25.8 Å². The molecular weight excluding hydrogens is 398 g/mol. The summed E-state index contributed by atoms with van der Waals surface area (Å²) in [4.78, 5) is 4.68. The van der Waals surface area contributed by atoms with E-state index >= 15 is 0 Å². The van der Waals surface area contributed by atoms with Crippen LogP contribution in [0.4, 0.5) is 5.88 Å². The monoisotopic (exact) mass is 429 g/mol. The quantitative estimate of drug-likeness (QED) is 0.434. The molecule has 2 heterocycles. The van der Waals surface area contributed by atoms with Crippen LogP contribution in [0.5, 0.6) is 0 Å². The van der Waals surface area contributed by atoms with E-state index in [9.17, 15) is 5.11 Å². The second-order valence-electron chi connectivity index (χ2n) is 7.92. The van der Waals surface area contributed by atoms with Gasteiger partial charge in [-0.25, -0.2) is 0 Å². The van der Waals surface area contributed by atoms with Crippen molar-refractivity contribution in [1.29, 1.82) is 0 Å². The number of aromatic nitrogens is 1. The first kappa shape index (κ1) is 21.4. The summed E-state index contributed by atoms with van der Waals surface area (Å²) in [7, 11) is 0. The Morgan fingerprint density at radius 2 is 2.07 bits per heavy atom. The zero-order valence-electron chi connectivity index (χ0n) is 17.4. The smallest absolute Gasteiger partial charge is 0.232 e. The highest BCUT2D eigenvalue weighted by atomic mass is 32.2. The minimum atomic E-state index is -0.527. The maximum absolute atomic E-state index is 10.5. The van der Waals surface area contributed by atoms with Crippen LogP contribution in [0, 0.1) is 0 Å². The highest BCUT2D eigenvalue weighted by molar-refractivity contribution is 7.99. The molecule has 0 bridgehead atoms. The first-order valence-electron chi connectivity index (χ1n) is 10.7. The van der Waals surface area contributed by atoms with Crippen LogP contribution in [0.25, 0.3) is 11.3 Å². The third-order valence-corrected chi connectivity index (χ3v) is 6.47. The summed E-state index contributed by atoms with van der Waals surface area (Å²) < 4.78 is 11.4. The fourth-order valence-corrected chi connectivity index (χ4v) is 4.78. The molecule has 1 aromatic heterocycles. The van der Waals surface area contributed by atoms with Gasteiger partial charge >= 0.3 is 0 Å². The number of nitrogens with zero attached hydrogens (tertiary/aromatic N) is 3. The molecule has 1 atom stereocenters. The molecule has 2 fully saturated rings. The van der Waals surface area contributed by atoms with Crippen molar-refractivity contribution in [2.45, 2.75) is 31.5 Å². The molecule has 0 spiro atoms. The van der Waals surface area contributed by atoms with Gasteiger partial charge in [-0.3, -0.25) is 4.90 Å². The largest absolute Gasteiger partial charge is 0.389 e. The molecule has 1 saturated heterocycles. The number of benzene rings is 1. The zero-order valence-corrected chi connectivity index (χ0v) is 18.2. The predicted molar refractivity (Wildman–Crippen MR) is 122 cm³/mol. The number of aliphatic hydroxyl groups excluding tert-OH is 1. The molecule has 1 N–H and O–H groups in total. The second kappa shape index (κ2) is 10.5. The van der Waals surface area contributed by atoms with Crippen molar-refractivity contribution >= 4 is 17.6 Å². The van der Waals surface area contributed by atoms with E-state index in [-0.39, 0.29) is 0 Å². The van der Waals surface area contributed by atoms with Crippen LogP contribution in [-0.4, -0.2) is 71.7 Å². The van der Waals surface area contributed by atoms with Gasteiger partial charge in [-0.15, -0.1) is 6.58 Å². The summed E-state index contributed by atoms with van der Waals surface area (Å²) in [5.41, 5.74) is 3.10. The van der Waals surface area contributed by atoms with Gasteiger partial charge in [-0.1, -0.05) is 41.6 Å². The van der Waals surface area contributed by atoms with Crippen molar-refractivity contribution < 1.29 is 14.4 Å². The van der Waals surface area contributed by atoms with Crippen LogP contribution in [0.15, 0.2) is 47.5 Å². The molecule has 162 valence electrons. The van der Waals surface area contributed by atoms with Crippen LogP contribution < -0.4 is 4.90 Å². The van der Waals surface area contributed by atoms with Crippen molar-refractivity contribution in [3.63, 3.8) is 0 Å². The van der Waals surface area contributed by atoms with Crippen molar-refractivity contribution in [2.24, 2.45) is 0 Å². The number of anilines is 1. The Balaban J connectivity index is 1.56. The van der Waals surface area contributed by atoms with Crippen molar-refractivity contribution in [2.75, 3.05) is 49.3 Å². The standard InChI is InChI=1S/C23H31N3O3S/c1-2-12-28-17-20(27)15-26(19-8-9-19)16-21-22(18-6-4-3-5-7-18)24-29-23(21)25-10-13-30-14-11-25/h2-7,19-20,27H,1,8-17H2/t20-/m1/s1. The SMILES string of the molecule is C=CCOC[C@H](O)CN(Cc1c(-c2ccccc2)noc1N1CCSCC1)C1CC1. The van der Waals surface area contributed by atoms with Gasteiger partial charge in [0.1, 0.15) is 5.69 Å². The molecule has 6 nitrogen and oxygen atoms in total. The topological polar surface area (TPSA) is 62.0 Å². The fraction of sp³-hybridized carbons (Fsp3) is 0.522. The second-order valence-corrected chi connectivity index (χ2v) is 9.15. The van der Waals surface area contributed by atoms with E-state index in [0.717, 1.165) is 53.8 Å². The molecule has 1 aliphatic carbocycles. The number of ether oxygens (including phenoxy) is 1. The molecule has 7 heteroatoms. The molecule has 2 aliphatic rings. The van der Waals surface area contributed by atoms with Gasteiger partial charge in [0.2, 0.25) is 5.88 Å². The first-order chi connectivity index (χ1) is 14.8. The van der Waals surface area contributed by atoms with E-state index in [1.165, 1.54) is 12.8 Å². The van der Waals surface area contributed by atoms with Gasteiger partial charge in [0.15, 0.2) is 0 Å². The highest BCUT2D eigenvalue weighted by Gasteiger charge is 2.33. The minimum Gasteiger partial charge on any atom is -0.389 e. The van der Waals surface area contributed by atoms with E-state index in [1.807, 2.05) is 30.0 Å². The average molecular weight is 430 g/mol. The number of hydrogen-bond acceptors (Lipinski definition) is 7. The van der Waals surface area contributed by atoms with E-state index in [1.54, 1.807) is 6.08 Å². The average Bonchev–Trinajstić information content (AvgIpc) is 3.55. The molecule has 1 aliphatic heterocycles. The van der Waals surface area contributed by atoms with E-state index in [4.69, 9.17) is 9.26 Å². The van der Waals surface area contributed by atoms with Crippen LogP contribution in [0.1, 0.15) is 18.4 Å². The van der Waals surface area contributed by atoms with Crippen molar-refractivity contribution in [3.05, 3.63) is 48.6 Å². The Kier molecular flexibility index (Phi) is 7.49. The fourth-order valence-electron chi connectivity index (χ4n) is 3.88. The Morgan fingerprint density at radius 3 is 2.77 bits per heavy atom. The summed E-state index contributed by atoms with van der Waals surface area (Å²) in [6.45, 7) is 7.69. The van der Waals surface area contributed by atoms with Crippen molar-refractivity contribution in [1.82, 2.24) is 10.1 Å². The van der Waals surface area contributed by atoms with Gasteiger partial charge < -0.3 is 19.3 Å². The summed E-state index contributed by atoms with van der Waals surface area (Å²) in [5, 5.41) is 15.0. The van der Waals surface area contributed by atoms with Gasteiger partial charge in [-0.2, -0.15) is 11.8 Å². The Bertz CT molecular complexity index is 803. The highest BCUT2D eigenvalue weighted by Crippen LogP contribution is 2.36. The Labute approximate surface area is 182 Å². The zero-order chi connectivity index (χ0) is 20.8. The molecule has 4 rings (SSSR count). The Morgan fingerprint density at radius 1 is 1.30 bits per heavy atom. The summed E-state index contributed by atoms with van der Waals surface area (Å²) in [5.74, 6) is 3.09. The first-order valence-corrected chi connectivity index (χ1v) is 11.9. The van der Waals surface area contributed by atoms with Crippen LogP contribution in [-0.2, 0) is 11.3 Å². The van der Waals surface area contributed by atoms with E-state index < -0.39 is 6.10 Å².